The van der Waals surface area contributed by atoms with Crippen molar-refractivity contribution in [3.8, 4) is 6.07 Å². The average Bonchev–Trinajstić information content (AvgIpc) is 2.38. The van der Waals surface area contributed by atoms with E-state index in [4.69, 9.17) is 5.26 Å². The predicted molar refractivity (Wildman–Crippen MR) is 70.5 cm³/mol. The standard InChI is InChI=1S/C13H16N4O2/c1-17(2)8-7-15-12(18)13(19)16-11-6-4-3-5-10(11)9-14/h3-6H,7-8H2,1-2H3,(H,15,18)(H,16,19)/p+1. The molecule has 0 saturated carbocycles. The molecule has 1 rings (SSSR count). The molecule has 0 aliphatic heterocycles. The molecule has 1 aromatic rings. The van der Waals surface area contributed by atoms with Gasteiger partial charge in [-0.05, 0) is 12.1 Å². The number of nitrogens with one attached hydrogen (secondary N) is 3. The minimum Gasteiger partial charge on any atom is -0.342 e. The fourth-order valence-electron chi connectivity index (χ4n) is 1.38. The van der Waals surface area contributed by atoms with Crippen LogP contribution < -0.4 is 15.5 Å². The largest absolute Gasteiger partial charge is 0.342 e. The van der Waals surface area contributed by atoms with Gasteiger partial charge < -0.3 is 15.5 Å². The monoisotopic (exact) mass is 261 g/mol. The highest BCUT2D eigenvalue weighted by atomic mass is 16.2. The number of para-hydroxylation sites is 1. The normalized spacial score (nSPS) is 9.79. The number of quaternary nitrogens is 1. The summed E-state index contributed by atoms with van der Waals surface area (Å²) in [5.41, 5.74) is 0.657. The molecule has 0 aromatic heterocycles. The summed E-state index contributed by atoms with van der Waals surface area (Å²) in [5, 5.41) is 13.8. The van der Waals surface area contributed by atoms with Gasteiger partial charge in [-0.15, -0.1) is 0 Å². The Bertz CT molecular complexity index is 506. The number of carbonyl (C=O) groups is 2. The number of carbonyl (C=O) groups excluding carboxylic acids is 2. The summed E-state index contributed by atoms with van der Waals surface area (Å²) in [6.45, 7) is 1.16. The van der Waals surface area contributed by atoms with Crippen molar-refractivity contribution >= 4 is 17.5 Å². The van der Waals surface area contributed by atoms with Crippen molar-refractivity contribution in [2.75, 3.05) is 32.5 Å². The van der Waals surface area contributed by atoms with Crippen LogP contribution in [0.25, 0.3) is 0 Å². The maximum absolute atomic E-state index is 11.6. The van der Waals surface area contributed by atoms with Gasteiger partial charge in [-0.25, -0.2) is 0 Å². The number of nitrogens with zero attached hydrogens (tertiary/aromatic N) is 1. The Kier molecular flexibility index (Phi) is 5.51. The van der Waals surface area contributed by atoms with Gasteiger partial charge in [0.2, 0.25) is 0 Å². The number of anilines is 1. The summed E-state index contributed by atoms with van der Waals surface area (Å²) < 4.78 is 0. The van der Waals surface area contributed by atoms with Crippen LogP contribution in [0.4, 0.5) is 5.69 Å². The highest BCUT2D eigenvalue weighted by molar-refractivity contribution is 6.39. The third-order valence-corrected chi connectivity index (χ3v) is 2.41. The van der Waals surface area contributed by atoms with E-state index in [9.17, 15) is 9.59 Å². The maximum atomic E-state index is 11.6. The summed E-state index contributed by atoms with van der Waals surface area (Å²) >= 11 is 0. The molecule has 0 fully saturated rings. The van der Waals surface area contributed by atoms with Crippen LogP contribution in [-0.2, 0) is 9.59 Å². The van der Waals surface area contributed by atoms with Gasteiger partial charge in [0.05, 0.1) is 38.4 Å². The SMILES string of the molecule is C[NH+](C)CCNC(=O)C(=O)Nc1ccccc1C#N. The fraction of sp³-hybridized carbons (Fsp3) is 0.308. The summed E-state index contributed by atoms with van der Waals surface area (Å²) in [4.78, 5) is 24.3. The summed E-state index contributed by atoms with van der Waals surface area (Å²) in [6, 6.07) is 8.47. The van der Waals surface area contributed by atoms with Crippen LogP contribution in [-0.4, -0.2) is 39.0 Å². The molecule has 0 atom stereocenters. The molecule has 3 N–H and O–H groups in total. The van der Waals surface area contributed by atoms with E-state index in [2.05, 4.69) is 10.6 Å². The van der Waals surface area contributed by atoms with E-state index in [1.165, 1.54) is 4.90 Å². The summed E-state index contributed by atoms with van der Waals surface area (Å²) in [6.07, 6.45) is 0. The van der Waals surface area contributed by atoms with Crippen LogP contribution in [0.15, 0.2) is 24.3 Å². The molecule has 0 heterocycles. The van der Waals surface area contributed by atoms with Crippen molar-refractivity contribution in [3.63, 3.8) is 0 Å². The van der Waals surface area contributed by atoms with Crippen molar-refractivity contribution in [2.45, 2.75) is 0 Å². The Morgan fingerprint density at radius 3 is 2.58 bits per heavy atom. The van der Waals surface area contributed by atoms with Crippen LogP contribution in [0.5, 0.6) is 0 Å². The van der Waals surface area contributed by atoms with Gasteiger partial charge in [0.1, 0.15) is 6.07 Å². The molecule has 0 aliphatic carbocycles. The molecule has 0 bridgehead atoms. The van der Waals surface area contributed by atoms with E-state index in [0.717, 1.165) is 6.54 Å². The predicted octanol–water partition coefficient (Wildman–Crippen LogP) is -1.24. The number of nitriles is 1. The second-order valence-electron chi connectivity index (χ2n) is 4.32. The molecular weight excluding hydrogens is 244 g/mol. The second-order valence-corrected chi connectivity index (χ2v) is 4.32. The number of hydrogen-bond donors (Lipinski definition) is 3. The van der Waals surface area contributed by atoms with E-state index in [1.54, 1.807) is 24.3 Å². The van der Waals surface area contributed by atoms with Crippen molar-refractivity contribution in [1.29, 1.82) is 5.26 Å². The smallest absolute Gasteiger partial charge is 0.313 e. The van der Waals surface area contributed by atoms with E-state index in [-0.39, 0.29) is 0 Å². The van der Waals surface area contributed by atoms with Gasteiger partial charge in [-0.1, -0.05) is 12.1 Å². The van der Waals surface area contributed by atoms with Crippen molar-refractivity contribution in [2.24, 2.45) is 0 Å². The van der Waals surface area contributed by atoms with E-state index < -0.39 is 11.8 Å². The third-order valence-electron chi connectivity index (χ3n) is 2.41. The summed E-state index contributed by atoms with van der Waals surface area (Å²) in [5.74, 6) is -1.47. The van der Waals surface area contributed by atoms with Crippen molar-refractivity contribution < 1.29 is 14.5 Å². The molecule has 100 valence electrons. The second kappa shape index (κ2) is 7.13. The number of likely N-dealkylation sites (N-methyl/N-ethyl adjacent to an activating group) is 1. The molecule has 0 aliphatic rings. The van der Waals surface area contributed by atoms with Crippen LogP contribution in [0.1, 0.15) is 5.56 Å². The molecular formula is C13H17N4O2+. The minimum atomic E-state index is -0.767. The molecule has 6 heteroatoms. The quantitative estimate of drug-likeness (QED) is 0.592. The van der Waals surface area contributed by atoms with E-state index >= 15 is 0 Å². The number of rotatable bonds is 4. The zero-order chi connectivity index (χ0) is 14.3. The highest BCUT2D eigenvalue weighted by Crippen LogP contribution is 2.12. The summed E-state index contributed by atoms with van der Waals surface area (Å²) in [7, 11) is 3.91. The third kappa shape index (κ3) is 4.77. The lowest BCUT2D eigenvalue weighted by Crippen LogP contribution is -3.06. The molecule has 6 nitrogen and oxygen atoms in total. The van der Waals surface area contributed by atoms with Crippen molar-refractivity contribution in [3.05, 3.63) is 29.8 Å². The molecule has 2 amide bonds. The van der Waals surface area contributed by atoms with Gasteiger partial charge in [0, 0.05) is 0 Å². The first-order valence-electron chi connectivity index (χ1n) is 5.92. The molecule has 0 spiro atoms. The molecule has 0 saturated heterocycles. The molecule has 0 radical (unpaired) electrons. The lowest BCUT2D eigenvalue weighted by molar-refractivity contribution is -0.856. The maximum Gasteiger partial charge on any atom is 0.313 e. The Labute approximate surface area is 112 Å². The fourth-order valence-corrected chi connectivity index (χ4v) is 1.38. The lowest BCUT2D eigenvalue weighted by atomic mass is 10.2. The van der Waals surface area contributed by atoms with Gasteiger partial charge in [0.25, 0.3) is 0 Å². The zero-order valence-corrected chi connectivity index (χ0v) is 11.0. The van der Waals surface area contributed by atoms with E-state index in [1.807, 2.05) is 20.2 Å². The first kappa shape index (κ1) is 14.7. The Morgan fingerprint density at radius 1 is 1.26 bits per heavy atom. The zero-order valence-electron chi connectivity index (χ0n) is 11.0. The Morgan fingerprint density at radius 2 is 1.95 bits per heavy atom. The van der Waals surface area contributed by atoms with Crippen LogP contribution in [0, 0.1) is 11.3 Å². The lowest BCUT2D eigenvalue weighted by Gasteiger charge is -2.09. The first-order chi connectivity index (χ1) is 9.04. The topological polar surface area (TPSA) is 86.4 Å². The molecule has 0 unspecified atom stereocenters. The minimum absolute atomic E-state index is 0.321. The van der Waals surface area contributed by atoms with Crippen LogP contribution >= 0.6 is 0 Å². The van der Waals surface area contributed by atoms with Gasteiger partial charge in [0.15, 0.2) is 0 Å². The number of benzene rings is 1. The van der Waals surface area contributed by atoms with Gasteiger partial charge >= 0.3 is 11.8 Å². The molecule has 19 heavy (non-hydrogen) atoms. The first-order valence-corrected chi connectivity index (χ1v) is 5.92. The van der Waals surface area contributed by atoms with Crippen LogP contribution in [0.3, 0.4) is 0 Å². The molecule has 1 aromatic carbocycles. The van der Waals surface area contributed by atoms with E-state index in [0.29, 0.717) is 17.8 Å². The number of amides is 2. The average molecular weight is 261 g/mol. The highest BCUT2D eigenvalue weighted by Gasteiger charge is 2.14. The number of hydrogen-bond acceptors (Lipinski definition) is 3. The van der Waals surface area contributed by atoms with Crippen LogP contribution in [0.2, 0.25) is 0 Å². The van der Waals surface area contributed by atoms with Crippen molar-refractivity contribution in [1.82, 2.24) is 5.32 Å². The van der Waals surface area contributed by atoms with Gasteiger partial charge in [-0.2, -0.15) is 5.26 Å². The van der Waals surface area contributed by atoms with Gasteiger partial charge in [-0.3, -0.25) is 9.59 Å². The Hall–Kier alpha value is -2.39. The Balaban J connectivity index is 2.55.